The molecule has 120 valence electrons. The molecule has 0 atom stereocenters. The van der Waals surface area contributed by atoms with Crippen LogP contribution >= 0.6 is 0 Å². The van der Waals surface area contributed by atoms with E-state index in [9.17, 15) is 9.59 Å². The van der Waals surface area contributed by atoms with Gasteiger partial charge in [-0.2, -0.15) is 0 Å². The number of carbonyl (C=O) groups is 2. The van der Waals surface area contributed by atoms with E-state index in [0.717, 1.165) is 6.42 Å². The third-order valence-electron chi connectivity index (χ3n) is 3.10. The first-order valence-corrected chi connectivity index (χ1v) is 7.26. The average molecular weight is 314 g/mol. The van der Waals surface area contributed by atoms with Gasteiger partial charge in [0, 0.05) is 5.56 Å². The third-order valence-corrected chi connectivity index (χ3v) is 3.10. The normalized spacial score (nSPS) is 10.0. The molecular weight excluding hydrogens is 296 g/mol. The highest BCUT2D eigenvalue weighted by Gasteiger charge is 2.17. The second kappa shape index (κ2) is 7.98. The zero-order valence-electron chi connectivity index (χ0n) is 13.1. The Morgan fingerprint density at radius 3 is 2.57 bits per heavy atom. The maximum Gasteiger partial charge on any atom is 0.347 e. The van der Waals surface area contributed by atoms with Crippen molar-refractivity contribution in [3.63, 3.8) is 0 Å². The summed E-state index contributed by atoms with van der Waals surface area (Å²) in [4.78, 5) is 23.2. The first-order chi connectivity index (χ1) is 11.2. The van der Waals surface area contributed by atoms with Crippen molar-refractivity contribution in [2.75, 3.05) is 13.7 Å². The Labute approximate surface area is 134 Å². The summed E-state index contributed by atoms with van der Waals surface area (Å²) in [6.45, 7) is 2.50. The predicted octanol–water partition coefficient (Wildman–Crippen LogP) is 3.52. The van der Waals surface area contributed by atoms with Crippen molar-refractivity contribution in [3.8, 4) is 17.2 Å². The van der Waals surface area contributed by atoms with Gasteiger partial charge in [0.1, 0.15) is 17.6 Å². The lowest BCUT2D eigenvalue weighted by Gasteiger charge is -2.12. The number of esters is 1. The highest BCUT2D eigenvalue weighted by atomic mass is 16.6. The largest absolute Gasteiger partial charge is 0.493 e. The molecular formula is C18H18O5. The summed E-state index contributed by atoms with van der Waals surface area (Å²) in [5.74, 6) is 0.486. The van der Waals surface area contributed by atoms with E-state index in [1.165, 1.54) is 19.2 Å². The molecule has 2 rings (SSSR count). The Morgan fingerprint density at radius 1 is 1.09 bits per heavy atom. The summed E-state index contributed by atoms with van der Waals surface area (Å²) < 4.78 is 16.1. The van der Waals surface area contributed by atoms with Gasteiger partial charge >= 0.3 is 5.97 Å². The number of methoxy groups -OCH3 is 1. The molecule has 0 unspecified atom stereocenters. The maximum atomic E-state index is 12.4. The van der Waals surface area contributed by atoms with Crippen LogP contribution in [0.5, 0.6) is 17.2 Å². The van der Waals surface area contributed by atoms with Gasteiger partial charge in [-0.25, -0.2) is 4.79 Å². The smallest absolute Gasteiger partial charge is 0.347 e. The van der Waals surface area contributed by atoms with Crippen LogP contribution in [-0.4, -0.2) is 26.0 Å². The zero-order chi connectivity index (χ0) is 16.7. The molecule has 0 aliphatic carbocycles. The van der Waals surface area contributed by atoms with Crippen molar-refractivity contribution in [2.24, 2.45) is 0 Å². The van der Waals surface area contributed by atoms with Crippen molar-refractivity contribution in [2.45, 2.75) is 13.3 Å². The van der Waals surface area contributed by atoms with E-state index in [1.807, 2.05) is 6.92 Å². The van der Waals surface area contributed by atoms with Crippen molar-refractivity contribution >= 4 is 12.3 Å². The van der Waals surface area contributed by atoms with E-state index in [-0.39, 0.29) is 5.75 Å². The fraction of sp³-hybridized carbons (Fsp3) is 0.222. The number of aldehydes is 1. The monoisotopic (exact) mass is 314 g/mol. The molecule has 23 heavy (non-hydrogen) atoms. The highest BCUT2D eigenvalue weighted by molar-refractivity contribution is 5.94. The molecule has 0 aliphatic heterocycles. The van der Waals surface area contributed by atoms with Gasteiger partial charge in [-0.05, 0) is 36.8 Å². The second-order valence-electron chi connectivity index (χ2n) is 4.76. The summed E-state index contributed by atoms with van der Waals surface area (Å²) in [5, 5.41) is 0. The number of rotatable bonds is 7. The predicted molar refractivity (Wildman–Crippen MR) is 85.6 cm³/mol. The standard InChI is InChI=1S/C18H18O5/c1-3-10-22-15-7-5-4-6-14(15)18(20)23-16-9-8-13(12-19)11-17(16)21-2/h4-9,11-12H,3,10H2,1-2H3. The number of benzene rings is 2. The lowest BCUT2D eigenvalue weighted by molar-refractivity contribution is 0.0725. The minimum absolute atomic E-state index is 0.244. The molecule has 2 aromatic carbocycles. The number of carbonyl (C=O) groups excluding carboxylic acids is 2. The van der Waals surface area contributed by atoms with E-state index in [0.29, 0.717) is 35.5 Å². The van der Waals surface area contributed by atoms with Crippen LogP contribution in [0.25, 0.3) is 0 Å². The molecule has 2 aromatic rings. The minimum atomic E-state index is -0.547. The second-order valence-corrected chi connectivity index (χ2v) is 4.76. The molecule has 5 nitrogen and oxygen atoms in total. The van der Waals surface area contributed by atoms with Gasteiger partial charge in [0.2, 0.25) is 0 Å². The van der Waals surface area contributed by atoms with Gasteiger partial charge in [0.25, 0.3) is 0 Å². The van der Waals surface area contributed by atoms with Crippen LogP contribution in [0.2, 0.25) is 0 Å². The summed E-state index contributed by atoms with van der Waals surface area (Å²) >= 11 is 0. The molecule has 0 fully saturated rings. The van der Waals surface area contributed by atoms with Crippen LogP contribution in [0.3, 0.4) is 0 Å². The zero-order valence-corrected chi connectivity index (χ0v) is 13.1. The summed E-state index contributed by atoms with van der Waals surface area (Å²) in [6, 6.07) is 11.5. The van der Waals surface area contributed by atoms with Crippen LogP contribution in [0.15, 0.2) is 42.5 Å². The van der Waals surface area contributed by atoms with Crippen molar-refractivity contribution in [1.82, 2.24) is 0 Å². The Morgan fingerprint density at radius 2 is 1.87 bits per heavy atom. The first kappa shape index (κ1) is 16.5. The van der Waals surface area contributed by atoms with Gasteiger partial charge in [0.05, 0.1) is 13.7 Å². The lowest BCUT2D eigenvalue weighted by Crippen LogP contribution is -2.11. The van der Waals surface area contributed by atoms with Crippen LogP contribution in [0, 0.1) is 0 Å². The topological polar surface area (TPSA) is 61.8 Å². The molecule has 0 radical (unpaired) electrons. The number of para-hydroxylation sites is 1. The highest BCUT2D eigenvalue weighted by Crippen LogP contribution is 2.29. The van der Waals surface area contributed by atoms with Gasteiger partial charge in [-0.1, -0.05) is 19.1 Å². The number of hydrogen-bond donors (Lipinski definition) is 0. The van der Waals surface area contributed by atoms with Gasteiger partial charge in [-0.15, -0.1) is 0 Å². The molecule has 0 amide bonds. The van der Waals surface area contributed by atoms with E-state index < -0.39 is 5.97 Å². The van der Waals surface area contributed by atoms with Gasteiger partial charge < -0.3 is 14.2 Å². The average Bonchev–Trinajstić information content (AvgIpc) is 2.60. The fourth-order valence-electron chi connectivity index (χ4n) is 1.97. The van der Waals surface area contributed by atoms with Crippen molar-refractivity contribution < 1.29 is 23.8 Å². The Bertz CT molecular complexity index is 694. The van der Waals surface area contributed by atoms with Gasteiger partial charge in [-0.3, -0.25) is 4.79 Å². The summed E-state index contributed by atoms with van der Waals surface area (Å²) in [5.41, 5.74) is 0.774. The Hall–Kier alpha value is -2.82. The van der Waals surface area contributed by atoms with E-state index in [1.54, 1.807) is 30.3 Å². The molecule has 0 aromatic heterocycles. The summed E-state index contributed by atoms with van der Waals surface area (Å²) in [6.07, 6.45) is 1.53. The molecule has 0 spiro atoms. The van der Waals surface area contributed by atoms with Gasteiger partial charge in [0.15, 0.2) is 11.5 Å². The molecule has 5 heteroatoms. The molecule has 0 heterocycles. The Balaban J connectivity index is 2.24. The van der Waals surface area contributed by atoms with Crippen LogP contribution in [0.4, 0.5) is 0 Å². The van der Waals surface area contributed by atoms with E-state index >= 15 is 0 Å². The van der Waals surface area contributed by atoms with E-state index in [2.05, 4.69) is 0 Å². The molecule has 0 N–H and O–H groups in total. The van der Waals surface area contributed by atoms with Crippen LogP contribution in [0.1, 0.15) is 34.1 Å². The molecule has 0 aliphatic rings. The molecule has 0 saturated carbocycles. The number of ether oxygens (including phenoxy) is 3. The number of hydrogen-bond acceptors (Lipinski definition) is 5. The van der Waals surface area contributed by atoms with Crippen molar-refractivity contribution in [1.29, 1.82) is 0 Å². The summed E-state index contributed by atoms with van der Waals surface area (Å²) in [7, 11) is 1.44. The Kier molecular flexibility index (Phi) is 5.74. The fourth-order valence-corrected chi connectivity index (χ4v) is 1.97. The first-order valence-electron chi connectivity index (χ1n) is 7.26. The SMILES string of the molecule is CCCOc1ccccc1C(=O)Oc1ccc(C=O)cc1OC. The van der Waals surface area contributed by atoms with Crippen LogP contribution in [-0.2, 0) is 0 Å². The van der Waals surface area contributed by atoms with Crippen LogP contribution < -0.4 is 14.2 Å². The van der Waals surface area contributed by atoms with Crippen molar-refractivity contribution in [3.05, 3.63) is 53.6 Å². The molecule has 0 bridgehead atoms. The quantitative estimate of drug-likeness (QED) is 0.444. The van der Waals surface area contributed by atoms with E-state index in [4.69, 9.17) is 14.2 Å². The maximum absolute atomic E-state index is 12.4. The third kappa shape index (κ3) is 4.10. The minimum Gasteiger partial charge on any atom is -0.493 e. The lowest BCUT2D eigenvalue weighted by atomic mass is 10.2. The molecule has 0 saturated heterocycles.